The third-order valence-electron chi connectivity index (χ3n) is 4.92. The topological polar surface area (TPSA) is 75.8 Å². The van der Waals surface area contributed by atoms with Gasteiger partial charge in [-0.15, -0.1) is 0 Å². The Balaban J connectivity index is 1.96. The summed E-state index contributed by atoms with van der Waals surface area (Å²) in [6.07, 6.45) is -0.461. The summed E-state index contributed by atoms with van der Waals surface area (Å²) in [5, 5.41) is 9.72. The lowest BCUT2D eigenvalue weighted by molar-refractivity contribution is 0.121. The Morgan fingerprint density at radius 1 is 1.25 bits per heavy atom. The van der Waals surface area contributed by atoms with E-state index >= 15 is 0 Å². The van der Waals surface area contributed by atoms with Crippen molar-refractivity contribution in [3.05, 3.63) is 59.4 Å². The zero-order valence-corrected chi connectivity index (χ0v) is 12.9. The van der Waals surface area contributed by atoms with E-state index in [1.807, 2.05) is 24.3 Å². The average molecular weight is 328 g/mol. The molecule has 2 aromatic carbocycles. The van der Waals surface area contributed by atoms with Gasteiger partial charge in [0.2, 0.25) is 0 Å². The number of hydrogen-bond donors (Lipinski definition) is 2. The van der Waals surface area contributed by atoms with Gasteiger partial charge in [-0.25, -0.2) is 9.18 Å². The first-order valence-electron chi connectivity index (χ1n) is 7.87. The monoisotopic (exact) mass is 328 g/mol. The minimum Gasteiger partial charge on any atom is -0.465 e. The molecule has 4 rings (SSSR count). The van der Waals surface area contributed by atoms with Crippen molar-refractivity contribution < 1.29 is 19.0 Å². The first-order chi connectivity index (χ1) is 11.6. The highest BCUT2D eigenvalue weighted by Gasteiger charge is 2.48. The van der Waals surface area contributed by atoms with Gasteiger partial charge >= 0.3 is 6.09 Å². The standard InChI is InChI=1S/C18H17FN2O3/c19-10-5-6-16-14(7-10)17-13(8-11(9-20)21(17)18(22)23)12-3-1-2-4-15(12)24-16/h1-7,11,13,17H,8-9,20H2,(H,22,23)/t11-,13-,17+/m1/s1. The minimum absolute atomic E-state index is 0.117. The van der Waals surface area contributed by atoms with Crippen molar-refractivity contribution in [3.8, 4) is 11.5 Å². The fourth-order valence-corrected chi connectivity index (χ4v) is 3.95. The molecule has 3 atom stereocenters. The quantitative estimate of drug-likeness (QED) is 0.840. The van der Waals surface area contributed by atoms with E-state index in [-0.39, 0.29) is 18.5 Å². The van der Waals surface area contributed by atoms with Crippen molar-refractivity contribution in [3.63, 3.8) is 0 Å². The van der Waals surface area contributed by atoms with Crippen LogP contribution in [-0.4, -0.2) is 28.7 Å². The highest BCUT2D eigenvalue weighted by atomic mass is 19.1. The number of hydrogen-bond acceptors (Lipinski definition) is 3. The maximum absolute atomic E-state index is 13.9. The molecule has 6 heteroatoms. The van der Waals surface area contributed by atoms with Crippen LogP contribution in [0.3, 0.4) is 0 Å². The van der Waals surface area contributed by atoms with Gasteiger partial charge in [0, 0.05) is 29.6 Å². The lowest BCUT2D eigenvalue weighted by Gasteiger charge is -2.28. The predicted molar refractivity (Wildman–Crippen MR) is 85.7 cm³/mol. The first kappa shape index (κ1) is 15.0. The molecule has 2 aromatic rings. The second-order valence-electron chi connectivity index (χ2n) is 6.19. The zero-order chi connectivity index (χ0) is 16.8. The molecule has 5 nitrogen and oxygen atoms in total. The zero-order valence-electron chi connectivity index (χ0n) is 12.9. The Bertz CT molecular complexity index is 811. The predicted octanol–water partition coefficient (Wildman–Crippen LogP) is 3.47. The smallest absolute Gasteiger partial charge is 0.408 e. The van der Waals surface area contributed by atoms with E-state index in [0.29, 0.717) is 23.5 Å². The molecule has 0 saturated carbocycles. The number of nitrogens with two attached hydrogens (primary N) is 1. The molecule has 1 fully saturated rings. The number of carboxylic acid groups (broad SMARTS) is 1. The van der Waals surface area contributed by atoms with Crippen LogP contribution in [0.2, 0.25) is 0 Å². The van der Waals surface area contributed by atoms with Gasteiger partial charge in [0.25, 0.3) is 0 Å². The third-order valence-corrected chi connectivity index (χ3v) is 4.92. The number of ether oxygens (including phenoxy) is 1. The Hall–Kier alpha value is -2.60. The Morgan fingerprint density at radius 2 is 2.00 bits per heavy atom. The molecule has 0 bridgehead atoms. The van der Waals surface area contributed by atoms with Crippen LogP contribution >= 0.6 is 0 Å². The van der Waals surface area contributed by atoms with Crippen molar-refractivity contribution in [1.29, 1.82) is 0 Å². The molecule has 0 unspecified atom stereocenters. The molecular weight excluding hydrogens is 311 g/mol. The van der Waals surface area contributed by atoms with Crippen LogP contribution in [0.1, 0.15) is 29.5 Å². The first-order valence-corrected chi connectivity index (χ1v) is 7.87. The molecular formula is C18H17FN2O3. The fourth-order valence-electron chi connectivity index (χ4n) is 3.95. The van der Waals surface area contributed by atoms with Gasteiger partial charge in [0.15, 0.2) is 0 Å². The summed E-state index contributed by atoms with van der Waals surface area (Å²) in [6, 6.07) is 11.0. The fraction of sp³-hybridized carbons (Fsp3) is 0.278. The van der Waals surface area contributed by atoms with Crippen LogP contribution in [0.5, 0.6) is 11.5 Å². The lowest BCUT2D eigenvalue weighted by atomic mass is 9.87. The summed E-state index contributed by atoms with van der Waals surface area (Å²) in [6.45, 7) is 0.229. The minimum atomic E-state index is -1.05. The number of para-hydroxylation sites is 1. The molecule has 1 amide bonds. The maximum Gasteiger partial charge on any atom is 0.408 e. The van der Waals surface area contributed by atoms with Gasteiger partial charge in [-0.05, 0) is 30.7 Å². The van der Waals surface area contributed by atoms with Gasteiger partial charge in [0.05, 0.1) is 6.04 Å². The van der Waals surface area contributed by atoms with Gasteiger partial charge in [-0.2, -0.15) is 0 Å². The Labute approximate surface area is 138 Å². The summed E-state index contributed by atoms with van der Waals surface area (Å²) in [5.41, 5.74) is 7.30. The van der Waals surface area contributed by atoms with Crippen LogP contribution in [0.15, 0.2) is 42.5 Å². The van der Waals surface area contributed by atoms with E-state index in [1.165, 1.54) is 17.0 Å². The number of amides is 1. The van der Waals surface area contributed by atoms with E-state index < -0.39 is 18.0 Å². The number of carbonyl (C=O) groups is 1. The molecule has 124 valence electrons. The average Bonchev–Trinajstić information content (AvgIpc) is 2.91. The summed E-state index contributed by atoms with van der Waals surface area (Å²) < 4.78 is 19.8. The molecule has 0 spiro atoms. The van der Waals surface area contributed by atoms with Crippen molar-refractivity contribution in [2.24, 2.45) is 5.73 Å². The summed E-state index contributed by atoms with van der Waals surface area (Å²) in [5.74, 6) is 0.638. The third kappa shape index (κ3) is 2.14. The molecule has 0 aliphatic carbocycles. The van der Waals surface area contributed by atoms with Gasteiger partial charge in [-0.1, -0.05) is 18.2 Å². The number of halogens is 1. The van der Waals surface area contributed by atoms with Crippen molar-refractivity contribution >= 4 is 6.09 Å². The second-order valence-corrected chi connectivity index (χ2v) is 6.19. The molecule has 2 aliphatic rings. The molecule has 0 radical (unpaired) electrons. The molecule has 2 aliphatic heterocycles. The number of fused-ring (bicyclic) bond motifs is 5. The molecule has 24 heavy (non-hydrogen) atoms. The largest absolute Gasteiger partial charge is 0.465 e. The number of likely N-dealkylation sites (tertiary alicyclic amines) is 1. The van der Waals surface area contributed by atoms with E-state index in [0.717, 1.165) is 5.56 Å². The molecule has 2 heterocycles. The Morgan fingerprint density at radius 3 is 2.75 bits per heavy atom. The molecule has 3 N–H and O–H groups in total. The van der Waals surface area contributed by atoms with E-state index in [4.69, 9.17) is 10.5 Å². The van der Waals surface area contributed by atoms with Gasteiger partial charge in [-0.3, -0.25) is 4.90 Å². The molecule has 1 saturated heterocycles. The van der Waals surface area contributed by atoms with E-state index in [1.54, 1.807) is 6.07 Å². The maximum atomic E-state index is 13.9. The summed E-state index contributed by atoms with van der Waals surface area (Å²) >= 11 is 0. The normalized spacial score (nSPS) is 24.4. The van der Waals surface area contributed by atoms with Crippen LogP contribution in [0.25, 0.3) is 0 Å². The Kier molecular flexibility index (Phi) is 3.42. The highest BCUT2D eigenvalue weighted by Crippen LogP contribution is 2.54. The highest BCUT2D eigenvalue weighted by molar-refractivity contribution is 5.68. The number of nitrogens with zero attached hydrogens (tertiary/aromatic N) is 1. The van der Waals surface area contributed by atoms with Crippen molar-refractivity contribution in [1.82, 2.24) is 4.90 Å². The van der Waals surface area contributed by atoms with Crippen LogP contribution < -0.4 is 10.5 Å². The van der Waals surface area contributed by atoms with Crippen LogP contribution in [0, 0.1) is 5.82 Å². The van der Waals surface area contributed by atoms with Crippen LogP contribution in [-0.2, 0) is 0 Å². The molecule has 0 aromatic heterocycles. The van der Waals surface area contributed by atoms with Crippen molar-refractivity contribution in [2.45, 2.75) is 24.4 Å². The number of rotatable bonds is 1. The summed E-state index contributed by atoms with van der Waals surface area (Å²) in [7, 11) is 0. The van der Waals surface area contributed by atoms with Crippen molar-refractivity contribution in [2.75, 3.05) is 6.54 Å². The van der Waals surface area contributed by atoms with E-state index in [9.17, 15) is 14.3 Å². The lowest BCUT2D eigenvalue weighted by Crippen LogP contribution is -2.40. The van der Waals surface area contributed by atoms with E-state index in [2.05, 4.69) is 0 Å². The number of benzene rings is 2. The van der Waals surface area contributed by atoms with Crippen LogP contribution in [0.4, 0.5) is 9.18 Å². The SMILES string of the molecule is NC[C@H]1C[C@@H]2c3ccccc3Oc3ccc(F)cc3[C@H]2N1C(=O)O. The summed E-state index contributed by atoms with van der Waals surface area (Å²) in [4.78, 5) is 13.2. The second kappa shape index (κ2) is 5.49. The van der Waals surface area contributed by atoms with Gasteiger partial charge < -0.3 is 15.6 Å². The van der Waals surface area contributed by atoms with Gasteiger partial charge in [0.1, 0.15) is 17.3 Å².